The molecule has 7 nitrogen and oxygen atoms in total. The average molecular weight is 416 g/mol. The fourth-order valence-electron chi connectivity index (χ4n) is 1.90. The molecule has 0 fully saturated rings. The van der Waals surface area contributed by atoms with E-state index in [9.17, 15) is 18.0 Å². The predicted molar refractivity (Wildman–Crippen MR) is 98.7 cm³/mol. The van der Waals surface area contributed by atoms with E-state index in [1.165, 1.54) is 56.6 Å². The summed E-state index contributed by atoms with van der Waals surface area (Å²) in [6.45, 7) is 0. The van der Waals surface area contributed by atoms with Gasteiger partial charge in [-0.2, -0.15) is 0 Å². The standard InChI is InChI=1S/C16H15Cl2N3O4S/c1-21(2)26(24,25)12-5-3-4-10(8-12)15(22)19-20-16(23)11-6-7-13(17)14(18)9-11/h3-9H,1-2H3,(H,19,22)(H,20,23). The molecule has 0 unspecified atom stereocenters. The molecule has 0 saturated heterocycles. The lowest BCUT2D eigenvalue weighted by molar-refractivity contribution is 0.0846. The van der Waals surface area contributed by atoms with Gasteiger partial charge in [0.15, 0.2) is 0 Å². The van der Waals surface area contributed by atoms with Crippen LogP contribution in [0.5, 0.6) is 0 Å². The smallest absolute Gasteiger partial charge is 0.267 e. The second kappa shape index (κ2) is 8.05. The van der Waals surface area contributed by atoms with E-state index < -0.39 is 21.8 Å². The minimum Gasteiger partial charge on any atom is -0.267 e. The summed E-state index contributed by atoms with van der Waals surface area (Å²) in [7, 11) is -0.900. The lowest BCUT2D eigenvalue weighted by atomic mass is 10.2. The molecule has 0 saturated carbocycles. The summed E-state index contributed by atoms with van der Waals surface area (Å²) in [5.41, 5.74) is 4.71. The van der Waals surface area contributed by atoms with Gasteiger partial charge in [0.1, 0.15) is 0 Å². The van der Waals surface area contributed by atoms with Crippen molar-refractivity contribution in [3.63, 3.8) is 0 Å². The lowest BCUT2D eigenvalue weighted by Gasteiger charge is -2.12. The van der Waals surface area contributed by atoms with Crippen LogP contribution < -0.4 is 10.9 Å². The summed E-state index contributed by atoms with van der Waals surface area (Å²) in [5, 5.41) is 0.499. The van der Waals surface area contributed by atoms with Crippen LogP contribution in [0.3, 0.4) is 0 Å². The van der Waals surface area contributed by atoms with E-state index in [1.54, 1.807) is 0 Å². The summed E-state index contributed by atoms with van der Waals surface area (Å²) in [4.78, 5) is 24.2. The molecule has 26 heavy (non-hydrogen) atoms. The Labute approximate surface area is 160 Å². The minimum absolute atomic E-state index is 0.0361. The maximum absolute atomic E-state index is 12.2. The van der Waals surface area contributed by atoms with Crippen LogP contribution in [0.4, 0.5) is 0 Å². The van der Waals surface area contributed by atoms with E-state index in [2.05, 4.69) is 10.9 Å². The first-order chi connectivity index (χ1) is 12.1. The van der Waals surface area contributed by atoms with Crippen LogP contribution >= 0.6 is 23.2 Å². The Balaban J connectivity index is 2.11. The summed E-state index contributed by atoms with van der Waals surface area (Å²) < 4.78 is 25.3. The molecule has 0 atom stereocenters. The molecule has 0 heterocycles. The van der Waals surface area contributed by atoms with Gasteiger partial charge in [0.05, 0.1) is 14.9 Å². The third-order valence-electron chi connectivity index (χ3n) is 3.35. The zero-order valence-corrected chi connectivity index (χ0v) is 16.1. The van der Waals surface area contributed by atoms with Gasteiger partial charge in [-0.15, -0.1) is 0 Å². The highest BCUT2D eigenvalue weighted by Gasteiger charge is 2.19. The van der Waals surface area contributed by atoms with Gasteiger partial charge < -0.3 is 0 Å². The number of benzene rings is 2. The molecule has 0 spiro atoms. The third kappa shape index (κ3) is 4.53. The first kappa shape index (κ1) is 20.2. The number of hydrazine groups is 1. The van der Waals surface area contributed by atoms with Crippen LogP contribution in [-0.4, -0.2) is 38.6 Å². The van der Waals surface area contributed by atoms with Crippen molar-refractivity contribution in [1.29, 1.82) is 0 Å². The SMILES string of the molecule is CN(C)S(=O)(=O)c1cccc(C(=O)NNC(=O)c2ccc(Cl)c(Cl)c2)c1. The van der Waals surface area contributed by atoms with Crippen molar-refractivity contribution in [2.24, 2.45) is 0 Å². The maximum Gasteiger partial charge on any atom is 0.269 e. The van der Waals surface area contributed by atoms with Gasteiger partial charge in [0.2, 0.25) is 10.0 Å². The van der Waals surface area contributed by atoms with Crippen molar-refractivity contribution >= 4 is 45.0 Å². The quantitative estimate of drug-likeness (QED) is 0.748. The molecule has 2 aromatic rings. The first-order valence-electron chi connectivity index (χ1n) is 7.21. The number of nitrogens with zero attached hydrogens (tertiary/aromatic N) is 1. The molecular weight excluding hydrogens is 401 g/mol. The molecule has 2 amide bonds. The molecule has 138 valence electrons. The molecular formula is C16H15Cl2N3O4S. The Morgan fingerprint density at radius 2 is 1.46 bits per heavy atom. The monoisotopic (exact) mass is 415 g/mol. The van der Waals surface area contributed by atoms with E-state index >= 15 is 0 Å². The second-order valence-electron chi connectivity index (χ2n) is 5.35. The van der Waals surface area contributed by atoms with Crippen molar-refractivity contribution < 1.29 is 18.0 Å². The highest BCUT2D eigenvalue weighted by molar-refractivity contribution is 7.89. The van der Waals surface area contributed by atoms with Crippen LogP contribution in [0, 0.1) is 0 Å². The largest absolute Gasteiger partial charge is 0.269 e. The summed E-state index contributed by atoms with van der Waals surface area (Å²) in [6.07, 6.45) is 0. The molecule has 2 N–H and O–H groups in total. The number of carbonyl (C=O) groups excluding carboxylic acids is 2. The van der Waals surface area contributed by atoms with Gasteiger partial charge in [-0.3, -0.25) is 20.4 Å². The van der Waals surface area contributed by atoms with Crippen molar-refractivity contribution in [1.82, 2.24) is 15.2 Å². The molecule has 0 radical (unpaired) electrons. The van der Waals surface area contributed by atoms with Crippen LogP contribution in [0.15, 0.2) is 47.4 Å². The fourth-order valence-corrected chi connectivity index (χ4v) is 3.15. The Bertz CT molecular complexity index is 962. The van der Waals surface area contributed by atoms with Gasteiger partial charge >= 0.3 is 0 Å². The molecule has 10 heteroatoms. The van der Waals surface area contributed by atoms with Crippen molar-refractivity contribution in [3.05, 3.63) is 63.6 Å². The Hall–Kier alpha value is -2.13. The summed E-state index contributed by atoms with van der Waals surface area (Å²) in [6, 6.07) is 9.71. The summed E-state index contributed by atoms with van der Waals surface area (Å²) in [5.74, 6) is -1.27. The van der Waals surface area contributed by atoms with Crippen molar-refractivity contribution in [2.75, 3.05) is 14.1 Å². The molecule has 2 rings (SSSR count). The van der Waals surface area contributed by atoms with E-state index in [0.717, 1.165) is 4.31 Å². The third-order valence-corrected chi connectivity index (χ3v) is 5.90. The number of hydrogen-bond donors (Lipinski definition) is 2. The number of carbonyl (C=O) groups is 2. The van der Waals surface area contributed by atoms with Gasteiger partial charge in [-0.1, -0.05) is 29.3 Å². The highest BCUT2D eigenvalue weighted by atomic mass is 35.5. The highest BCUT2D eigenvalue weighted by Crippen LogP contribution is 2.22. The maximum atomic E-state index is 12.2. The normalized spacial score (nSPS) is 11.3. The number of halogens is 2. The number of amides is 2. The molecule has 0 aliphatic rings. The molecule has 0 aliphatic carbocycles. The Morgan fingerprint density at radius 3 is 2.00 bits per heavy atom. The van der Waals surface area contributed by atoms with E-state index in [0.29, 0.717) is 5.02 Å². The molecule has 0 bridgehead atoms. The summed E-state index contributed by atoms with van der Waals surface area (Å²) >= 11 is 11.6. The van der Waals surface area contributed by atoms with Crippen molar-refractivity contribution in [2.45, 2.75) is 4.90 Å². The zero-order chi connectivity index (χ0) is 19.5. The second-order valence-corrected chi connectivity index (χ2v) is 8.32. The molecule has 0 aliphatic heterocycles. The fraction of sp³-hybridized carbons (Fsp3) is 0.125. The average Bonchev–Trinajstić information content (AvgIpc) is 2.61. The van der Waals surface area contributed by atoms with Crippen LogP contribution in [0.25, 0.3) is 0 Å². The Kier molecular flexibility index (Phi) is 6.25. The lowest BCUT2D eigenvalue weighted by Crippen LogP contribution is -2.41. The molecule has 0 aromatic heterocycles. The van der Waals surface area contributed by atoms with E-state index in [1.807, 2.05) is 0 Å². The van der Waals surface area contributed by atoms with Gasteiger partial charge in [0.25, 0.3) is 11.8 Å². The van der Waals surface area contributed by atoms with Crippen LogP contribution in [0.1, 0.15) is 20.7 Å². The predicted octanol–water partition coefficient (Wildman–Crippen LogP) is 2.32. The molecule has 2 aromatic carbocycles. The zero-order valence-electron chi connectivity index (χ0n) is 13.8. The van der Waals surface area contributed by atoms with Crippen molar-refractivity contribution in [3.8, 4) is 0 Å². The van der Waals surface area contributed by atoms with E-state index in [-0.39, 0.29) is 21.0 Å². The number of hydrogen-bond acceptors (Lipinski definition) is 4. The number of nitrogens with one attached hydrogen (secondary N) is 2. The topological polar surface area (TPSA) is 95.6 Å². The van der Waals surface area contributed by atoms with Gasteiger partial charge in [-0.25, -0.2) is 12.7 Å². The minimum atomic E-state index is -3.68. The van der Waals surface area contributed by atoms with E-state index in [4.69, 9.17) is 23.2 Å². The van der Waals surface area contributed by atoms with Gasteiger partial charge in [0, 0.05) is 25.2 Å². The number of rotatable bonds is 4. The van der Waals surface area contributed by atoms with Crippen LogP contribution in [-0.2, 0) is 10.0 Å². The number of sulfonamides is 1. The van der Waals surface area contributed by atoms with Gasteiger partial charge in [-0.05, 0) is 36.4 Å². The Morgan fingerprint density at radius 1 is 0.885 bits per heavy atom. The first-order valence-corrected chi connectivity index (χ1v) is 9.41. The van der Waals surface area contributed by atoms with Crippen LogP contribution in [0.2, 0.25) is 10.0 Å².